The van der Waals surface area contributed by atoms with Gasteiger partial charge in [-0.25, -0.2) is 0 Å². The fourth-order valence-electron chi connectivity index (χ4n) is 2.11. The van der Waals surface area contributed by atoms with Crippen LogP contribution in [-0.4, -0.2) is 42.2 Å². The van der Waals surface area contributed by atoms with Crippen LogP contribution in [0.1, 0.15) is 23.2 Å². The summed E-state index contributed by atoms with van der Waals surface area (Å²) in [6.07, 6.45) is 1.69. The summed E-state index contributed by atoms with van der Waals surface area (Å²) in [5.74, 6) is -0.136. The number of halogens is 1. The maximum atomic E-state index is 12.3. The monoisotopic (exact) mass is 313 g/mol. The predicted molar refractivity (Wildman–Crippen MR) is 71.7 cm³/mol. The molecular formula is C13H16BrNO3. The Balaban J connectivity index is 2.16. The summed E-state index contributed by atoms with van der Waals surface area (Å²) in [5, 5.41) is 9.76. The van der Waals surface area contributed by atoms with Crippen molar-refractivity contribution in [2.24, 2.45) is 0 Å². The van der Waals surface area contributed by atoms with Crippen LogP contribution in [0, 0.1) is 0 Å². The van der Waals surface area contributed by atoms with Gasteiger partial charge in [0.1, 0.15) is 5.75 Å². The summed E-state index contributed by atoms with van der Waals surface area (Å²) in [4.78, 5) is 14.0. The minimum absolute atomic E-state index is 0.0158. The van der Waals surface area contributed by atoms with Crippen molar-refractivity contribution in [3.63, 3.8) is 0 Å². The van der Waals surface area contributed by atoms with Crippen molar-refractivity contribution in [2.75, 3.05) is 20.3 Å². The zero-order valence-electron chi connectivity index (χ0n) is 10.2. The van der Waals surface area contributed by atoms with E-state index in [1.165, 1.54) is 6.07 Å². The number of carbonyl (C=O) groups is 1. The summed E-state index contributed by atoms with van der Waals surface area (Å²) >= 11 is 3.31. The first-order valence-electron chi connectivity index (χ1n) is 5.93. The molecule has 0 spiro atoms. The molecule has 0 atom stereocenters. The number of hydrogen-bond acceptors (Lipinski definition) is 3. The molecule has 0 unspecified atom stereocenters. The number of aromatic hydroxyl groups is 1. The van der Waals surface area contributed by atoms with Gasteiger partial charge in [0.2, 0.25) is 0 Å². The Hall–Kier alpha value is -1.07. The largest absolute Gasteiger partial charge is 0.507 e. The van der Waals surface area contributed by atoms with Gasteiger partial charge in [-0.3, -0.25) is 4.79 Å². The van der Waals surface area contributed by atoms with Crippen molar-refractivity contribution in [3.8, 4) is 5.75 Å². The molecule has 1 aliphatic rings. The predicted octanol–water partition coefficient (Wildman–Crippen LogP) is 2.41. The molecule has 0 radical (unpaired) electrons. The second kappa shape index (κ2) is 5.71. The first-order chi connectivity index (χ1) is 8.59. The van der Waals surface area contributed by atoms with Crippen molar-refractivity contribution in [2.45, 2.75) is 18.9 Å². The molecule has 0 aromatic heterocycles. The fourth-order valence-corrected chi connectivity index (χ4v) is 2.47. The Morgan fingerprint density at radius 3 is 2.78 bits per heavy atom. The lowest BCUT2D eigenvalue weighted by molar-refractivity contribution is 0.0360. The highest BCUT2D eigenvalue weighted by atomic mass is 79.9. The van der Waals surface area contributed by atoms with Gasteiger partial charge in [-0.05, 0) is 31.0 Å². The summed E-state index contributed by atoms with van der Waals surface area (Å²) in [7, 11) is 1.78. The van der Waals surface area contributed by atoms with Gasteiger partial charge in [-0.1, -0.05) is 15.9 Å². The second-order valence-corrected chi connectivity index (χ2v) is 5.34. The van der Waals surface area contributed by atoms with Crippen molar-refractivity contribution in [1.29, 1.82) is 0 Å². The number of phenols is 1. The van der Waals surface area contributed by atoms with Crippen LogP contribution in [0.25, 0.3) is 0 Å². The molecule has 1 aliphatic heterocycles. The highest BCUT2D eigenvalue weighted by Gasteiger charge is 2.24. The smallest absolute Gasteiger partial charge is 0.257 e. The molecule has 2 rings (SSSR count). The van der Waals surface area contributed by atoms with Gasteiger partial charge >= 0.3 is 0 Å². The van der Waals surface area contributed by atoms with E-state index >= 15 is 0 Å². The molecule has 1 saturated heterocycles. The number of amides is 1. The Morgan fingerprint density at radius 1 is 1.44 bits per heavy atom. The SMILES string of the molecule is CN(C(=O)c1cc(Br)ccc1O)C1CCOCC1. The molecule has 1 heterocycles. The van der Waals surface area contributed by atoms with Crippen LogP contribution in [0.3, 0.4) is 0 Å². The zero-order chi connectivity index (χ0) is 13.1. The van der Waals surface area contributed by atoms with Gasteiger partial charge in [0.05, 0.1) is 5.56 Å². The van der Waals surface area contributed by atoms with Gasteiger partial charge in [-0.15, -0.1) is 0 Å². The first-order valence-corrected chi connectivity index (χ1v) is 6.72. The van der Waals surface area contributed by atoms with Crippen molar-refractivity contribution >= 4 is 21.8 Å². The summed E-state index contributed by atoms with van der Waals surface area (Å²) in [6.45, 7) is 1.37. The van der Waals surface area contributed by atoms with E-state index in [0.717, 1.165) is 17.3 Å². The quantitative estimate of drug-likeness (QED) is 0.912. The maximum Gasteiger partial charge on any atom is 0.257 e. The number of carbonyl (C=O) groups excluding carboxylic acids is 1. The Bertz CT molecular complexity index is 444. The first kappa shape index (κ1) is 13.4. The van der Waals surface area contributed by atoms with Gasteiger partial charge in [-0.2, -0.15) is 0 Å². The fraction of sp³-hybridized carbons (Fsp3) is 0.462. The van der Waals surface area contributed by atoms with Crippen molar-refractivity contribution in [1.82, 2.24) is 4.90 Å². The van der Waals surface area contributed by atoms with Crippen LogP contribution >= 0.6 is 15.9 Å². The second-order valence-electron chi connectivity index (χ2n) is 4.42. The average molecular weight is 314 g/mol. The van der Waals surface area contributed by atoms with Gasteiger partial charge in [0.25, 0.3) is 5.91 Å². The number of phenolic OH excluding ortho intramolecular Hbond substituents is 1. The van der Waals surface area contributed by atoms with Crippen LogP contribution in [0.4, 0.5) is 0 Å². The number of rotatable bonds is 2. The lowest BCUT2D eigenvalue weighted by atomic mass is 10.1. The van der Waals surface area contributed by atoms with E-state index < -0.39 is 0 Å². The van der Waals surface area contributed by atoms with Gasteiger partial charge in [0.15, 0.2) is 0 Å². The van der Waals surface area contributed by atoms with E-state index in [2.05, 4.69) is 15.9 Å². The number of ether oxygens (including phenoxy) is 1. The third-order valence-corrected chi connectivity index (χ3v) is 3.74. The molecule has 18 heavy (non-hydrogen) atoms. The van der Waals surface area contributed by atoms with E-state index in [0.29, 0.717) is 18.8 Å². The zero-order valence-corrected chi connectivity index (χ0v) is 11.8. The molecular weight excluding hydrogens is 298 g/mol. The topological polar surface area (TPSA) is 49.8 Å². The van der Waals surface area contributed by atoms with Crippen LogP contribution < -0.4 is 0 Å². The molecule has 1 aromatic rings. The van der Waals surface area contributed by atoms with Crippen LogP contribution in [0.15, 0.2) is 22.7 Å². The third kappa shape index (κ3) is 2.84. The summed E-state index contributed by atoms with van der Waals surface area (Å²) < 4.78 is 6.06. The molecule has 4 nitrogen and oxygen atoms in total. The molecule has 0 aliphatic carbocycles. The maximum absolute atomic E-state index is 12.3. The molecule has 5 heteroatoms. The normalized spacial score (nSPS) is 16.6. The minimum Gasteiger partial charge on any atom is -0.507 e. The molecule has 1 aromatic carbocycles. The van der Waals surface area contributed by atoms with E-state index in [9.17, 15) is 9.90 Å². The van der Waals surface area contributed by atoms with Crippen LogP contribution in [0.5, 0.6) is 5.75 Å². The average Bonchev–Trinajstić information content (AvgIpc) is 2.41. The number of benzene rings is 1. The van der Waals surface area contributed by atoms with Crippen molar-refractivity contribution in [3.05, 3.63) is 28.2 Å². The standard InChI is InChI=1S/C13H16BrNO3/c1-15(10-4-6-18-7-5-10)13(17)11-8-9(14)2-3-12(11)16/h2-3,8,10,16H,4-7H2,1H3. The van der Waals surface area contributed by atoms with Crippen LogP contribution in [-0.2, 0) is 4.74 Å². The minimum atomic E-state index is -0.152. The Labute approximate surface area is 115 Å². The highest BCUT2D eigenvalue weighted by molar-refractivity contribution is 9.10. The summed E-state index contributed by atoms with van der Waals surface area (Å²) in [6, 6.07) is 5.06. The van der Waals surface area contributed by atoms with Gasteiger partial charge in [0, 0.05) is 30.8 Å². The molecule has 1 fully saturated rings. The summed E-state index contributed by atoms with van der Waals surface area (Å²) in [5.41, 5.74) is 0.332. The number of hydrogen-bond donors (Lipinski definition) is 1. The van der Waals surface area contributed by atoms with Gasteiger partial charge < -0.3 is 14.7 Å². The van der Waals surface area contributed by atoms with E-state index in [1.807, 2.05) is 0 Å². The van der Waals surface area contributed by atoms with E-state index in [-0.39, 0.29) is 17.7 Å². The molecule has 98 valence electrons. The van der Waals surface area contributed by atoms with E-state index in [1.54, 1.807) is 24.1 Å². The lowest BCUT2D eigenvalue weighted by Crippen LogP contribution is -2.40. The molecule has 1 N–H and O–H groups in total. The highest BCUT2D eigenvalue weighted by Crippen LogP contribution is 2.24. The van der Waals surface area contributed by atoms with Crippen LogP contribution in [0.2, 0.25) is 0 Å². The molecule has 1 amide bonds. The molecule has 0 saturated carbocycles. The third-order valence-electron chi connectivity index (χ3n) is 3.25. The van der Waals surface area contributed by atoms with E-state index in [4.69, 9.17) is 4.74 Å². The Morgan fingerprint density at radius 2 is 2.11 bits per heavy atom. The molecule has 0 bridgehead atoms. The Kier molecular flexibility index (Phi) is 4.24. The number of nitrogens with zero attached hydrogens (tertiary/aromatic N) is 1. The van der Waals surface area contributed by atoms with Crippen molar-refractivity contribution < 1.29 is 14.6 Å². The lowest BCUT2D eigenvalue weighted by Gasteiger charge is -2.31.